The number of nitrogens with zero attached hydrogens (tertiary/aromatic N) is 2. The second kappa shape index (κ2) is 10.1. The summed E-state index contributed by atoms with van der Waals surface area (Å²) >= 11 is 6.17. The molecule has 0 aliphatic heterocycles. The number of carboxylic acid groups (broad SMARTS) is 1. The van der Waals surface area contributed by atoms with Crippen LogP contribution in [0.3, 0.4) is 0 Å². The van der Waals surface area contributed by atoms with E-state index in [1.54, 1.807) is 0 Å². The van der Waals surface area contributed by atoms with Gasteiger partial charge in [0, 0.05) is 17.0 Å². The average molecular weight is 365 g/mol. The van der Waals surface area contributed by atoms with E-state index in [9.17, 15) is 4.79 Å². The number of benzene rings is 1. The zero-order chi connectivity index (χ0) is 15.4. The van der Waals surface area contributed by atoms with E-state index in [1.165, 1.54) is 7.11 Å². The summed E-state index contributed by atoms with van der Waals surface area (Å²) in [6.07, 6.45) is 1.07. The van der Waals surface area contributed by atoms with Crippen LogP contribution >= 0.6 is 11.6 Å². The van der Waals surface area contributed by atoms with Gasteiger partial charge in [-0.05, 0) is 18.1 Å². The van der Waals surface area contributed by atoms with E-state index < -0.39 is 5.97 Å². The fourth-order valence-electron chi connectivity index (χ4n) is 2.07. The zero-order valence-electron chi connectivity index (χ0n) is 13.1. The summed E-state index contributed by atoms with van der Waals surface area (Å²) in [5, 5.41) is 9.69. The molecule has 0 fully saturated rings. The van der Waals surface area contributed by atoms with Crippen molar-refractivity contribution < 1.29 is 56.6 Å². The predicted octanol–water partition coefficient (Wildman–Crippen LogP) is -3.00. The predicted molar refractivity (Wildman–Crippen MR) is 79.2 cm³/mol. The number of ether oxygens (including phenoxy) is 1. The first-order valence-electron chi connectivity index (χ1n) is 6.47. The Morgan fingerprint density at radius 2 is 1.96 bits per heavy atom. The summed E-state index contributed by atoms with van der Waals surface area (Å²) < 4.78 is 5.23. The number of methoxy groups -OCH3 is 1. The van der Waals surface area contributed by atoms with Gasteiger partial charge in [-0.2, -0.15) is 4.98 Å². The summed E-state index contributed by atoms with van der Waals surface area (Å²) in [6, 6.07) is 7.47. The molecule has 1 aromatic heterocycles. The quantitative estimate of drug-likeness (QED) is 0.572. The first kappa shape index (κ1) is 22.2. The first-order valence-corrected chi connectivity index (χ1v) is 6.85. The standard InChI is InChI=1S/C15H15ClN2O3.ClH.Na/c1-3-12-10(8-9-6-4-5-7-11(9)16)14(21-2)18-13(17-12)15(19)20;;/h4-7H,3,8H2,1-2H3,(H,19,20);1H;/q;;+1/p-1. The van der Waals surface area contributed by atoms with E-state index in [2.05, 4.69) is 9.97 Å². The maximum Gasteiger partial charge on any atom is 1.00 e. The van der Waals surface area contributed by atoms with Crippen LogP contribution in [0, 0.1) is 0 Å². The van der Waals surface area contributed by atoms with Crippen LogP contribution in [-0.4, -0.2) is 28.2 Å². The minimum atomic E-state index is -1.17. The van der Waals surface area contributed by atoms with Crippen molar-refractivity contribution in [2.24, 2.45) is 0 Å². The summed E-state index contributed by atoms with van der Waals surface area (Å²) in [5.41, 5.74) is 2.33. The largest absolute Gasteiger partial charge is 1.00 e. The van der Waals surface area contributed by atoms with Crippen molar-refractivity contribution in [1.29, 1.82) is 0 Å². The van der Waals surface area contributed by atoms with Crippen LogP contribution < -0.4 is 46.7 Å². The first-order chi connectivity index (χ1) is 10.1. The van der Waals surface area contributed by atoms with Gasteiger partial charge in [0.25, 0.3) is 0 Å². The second-order valence-electron chi connectivity index (χ2n) is 4.41. The van der Waals surface area contributed by atoms with Gasteiger partial charge in [-0.3, -0.25) is 0 Å². The molecule has 0 bridgehead atoms. The van der Waals surface area contributed by atoms with Crippen LogP contribution in [0.25, 0.3) is 0 Å². The molecule has 0 saturated heterocycles. The number of carboxylic acids is 1. The number of rotatable bonds is 5. The minimum Gasteiger partial charge on any atom is -1.00 e. The number of aromatic carboxylic acids is 1. The Bertz CT molecular complexity index is 659. The van der Waals surface area contributed by atoms with E-state index >= 15 is 0 Å². The molecule has 1 N–H and O–H groups in total. The van der Waals surface area contributed by atoms with E-state index in [4.69, 9.17) is 21.4 Å². The second-order valence-corrected chi connectivity index (χ2v) is 4.82. The maximum absolute atomic E-state index is 11.1. The van der Waals surface area contributed by atoms with Gasteiger partial charge < -0.3 is 22.3 Å². The molecule has 0 aliphatic rings. The van der Waals surface area contributed by atoms with Crippen LogP contribution in [0.5, 0.6) is 5.88 Å². The molecule has 1 aromatic carbocycles. The van der Waals surface area contributed by atoms with Crippen LogP contribution in [0.2, 0.25) is 5.02 Å². The summed E-state index contributed by atoms with van der Waals surface area (Å²) in [5.74, 6) is -1.15. The number of hydrogen-bond donors (Lipinski definition) is 1. The number of hydrogen-bond acceptors (Lipinski definition) is 4. The molecule has 0 radical (unpaired) electrons. The normalized spacial score (nSPS) is 9.52. The van der Waals surface area contributed by atoms with Gasteiger partial charge in [0.2, 0.25) is 11.7 Å². The van der Waals surface area contributed by atoms with Crippen molar-refractivity contribution in [3.05, 3.63) is 51.9 Å². The zero-order valence-corrected chi connectivity index (χ0v) is 16.6. The summed E-state index contributed by atoms with van der Waals surface area (Å²) in [6.45, 7) is 1.91. The Hall–Kier alpha value is -0.850. The Kier molecular flexibility index (Phi) is 9.73. The third-order valence-corrected chi connectivity index (χ3v) is 3.47. The topological polar surface area (TPSA) is 72.3 Å². The minimum absolute atomic E-state index is 0. The van der Waals surface area contributed by atoms with Crippen molar-refractivity contribution >= 4 is 17.6 Å². The monoisotopic (exact) mass is 364 g/mol. The third kappa shape index (κ3) is 5.33. The smallest absolute Gasteiger partial charge is 1.00 e. The number of halogens is 2. The van der Waals surface area contributed by atoms with Gasteiger partial charge in [0.15, 0.2) is 0 Å². The van der Waals surface area contributed by atoms with Crippen molar-refractivity contribution in [3.8, 4) is 5.88 Å². The molecule has 0 unspecified atom stereocenters. The molecule has 2 aromatic rings. The van der Waals surface area contributed by atoms with Gasteiger partial charge >= 0.3 is 35.5 Å². The molecule has 118 valence electrons. The number of aryl methyl sites for hydroxylation is 1. The maximum atomic E-state index is 11.1. The SMILES string of the molecule is CCc1nc(C(=O)O)nc(OC)c1Cc1ccccc1Cl.[Cl-].[Na+]. The van der Waals surface area contributed by atoms with Crippen molar-refractivity contribution in [3.63, 3.8) is 0 Å². The molecule has 0 saturated carbocycles. The molecule has 0 aliphatic carbocycles. The summed E-state index contributed by atoms with van der Waals surface area (Å²) in [4.78, 5) is 19.1. The molecule has 0 spiro atoms. The Labute approximate surface area is 168 Å². The molecule has 23 heavy (non-hydrogen) atoms. The summed E-state index contributed by atoms with van der Waals surface area (Å²) in [7, 11) is 1.46. The number of carbonyl (C=O) groups is 1. The molecule has 5 nitrogen and oxygen atoms in total. The molecule has 8 heteroatoms. The van der Waals surface area contributed by atoms with Gasteiger partial charge in [0.1, 0.15) is 0 Å². The van der Waals surface area contributed by atoms with E-state index in [-0.39, 0.29) is 53.7 Å². The number of aromatic nitrogens is 2. The molecular weight excluding hydrogens is 350 g/mol. The van der Waals surface area contributed by atoms with E-state index in [1.807, 2.05) is 31.2 Å². The van der Waals surface area contributed by atoms with Crippen molar-refractivity contribution in [2.45, 2.75) is 19.8 Å². The Morgan fingerprint density at radius 1 is 1.30 bits per heavy atom. The van der Waals surface area contributed by atoms with Crippen LogP contribution in [-0.2, 0) is 12.8 Å². The van der Waals surface area contributed by atoms with E-state index in [0.717, 1.165) is 11.1 Å². The Balaban J connectivity index is 0.00000242. The molecule has 0 atom stereocenters. The molecule has 2 rings (SSSR count). The average Bonchev–Trinajstić information content (AvgIpc) is 2.49. The van der Waals surface area contributed by atoms with Gasteiger partial charge in [0.05, 0.1) is 12.8 Å². The van der Waals surface area contributed by atoms with Crippen molar-refractivity contribution in [2.75, 3.05) is 7.11 Å². The fraction of sp³-hybridized carbons (Fsp3) is 0.267. The molecular formula is C15H15Cl2N2NaO3. The third-order valence-electron chi connectivity index (χ3n) is 3.10. The molecule has 1 heterocycles. The van der Waals surface area contributed by atoms with Crippen molar-refractivity contribution in [1.82, 2.24) is 9.97 Å². The van der Waals surface area contributed by atoms with Gasteiger partial charge in [-0.15, -0.1) is 0 Å². The fourth-order valence-corrected chi connectivity index (χ4v) is 2.28. The van der Waals surface area contributed by atoms with Gasteiger partial charge in [-0.25, -0.2) is 9.78 Å². The Morgan fingerprint density at radius 3 is 2.48 bits per heavy atom. The van der Waals surface area contributed by atoms with E-state index in [0.29, 0.717) is 23.6 Å². The van der Waals surface area contributed by atoms with Crippen LogP contribution in [0.15, 0.2) is 24.3 Å². The van der Waals surface area contributed by atoms with Crippen LogP contribution in [0.4, 0.5) is 0 Å². The molecule has 0 amide bonds. The van der Waals surface area contributed by atoms with Gasteiger partial charge in [-0.1, -0.05) is 36.7 Å². The van der Waals surface area contributed by atoms with Crippen LogP contribution in [0.1, 0.15) is 34.4 Å².